The zero-order chi connectivity index (χ0) is 11.1. The van der Waals surface area contributed by atoms with Gasteiger partial charge in [-0.2, -0.15) is 0 Å². The minimum Gasteiger partial charge on any atom is -0.465 e. The highest BCUT2D eigenvalue weighted by Crippen LogP contribution is 2.44. The number of esters is 1. The van der Waals surface area contributed by atoms with Gasteiger partial charge in [0, 0.05) is 12.5 Å². The van der Waals surface area contributed by atoms with Crippen LogP contribution in [-0.4, -0.2) is 35.9 Å². The van der Waals surface area contributed by atoms with Gasteiger partial charge in [-0.3, -0.25) is 4.79 Å². The Labute approximate surface area is 90.0 Å². The number of hydrogen-bond acceptors (Lipinski definition) is 4. The average molecular weight is 213 g/mol. The average Bonchev–Trinajstić information content (AvgIpc) is 2.69. The van der Waals surface area contributed by atoms with E-state index in [9.17, 15) is 9.90 Å². The summed E-state index contributed by atoms with van der Waals surface area (Å²) in [5.41, 5.74) is -0.612. The van der Waals surface area contributed by atoms with Crippen LogP contribution in [0.5, 0.6) is 0 Å². The predicted molar refractivity (Wildman–Crippen MR) is 55.3 cm³/mol. The van der Waals surface area contributed by atoms with Gasteiger partial charge < -0.3 is 15.2 Å². The van der Waals surface area contributed by atoms with Crippen molar-refractivity contribution < 1.29 is 14.6 Å². The lowest BCUT2D eigenvalue weighted by Crippen LogP contribution is -2.37. The van der Waals surface area contributed by atoms with Crippen molar-refractivity contribution in [2.45, 2.75) is 38.3 Å². The molecule has 4 heteroatoms. The van der Waals surface area contributed by atoms with E-state index in [1.165, 1.54) is 0 Å². The lowest BCUT2D eigenvalue weighted by molar-refractivity contribution is -0.146. The van der Waals surface area contributed by atoms with Crippen LogP contribution in [0.2, 0.25) is 0 Å². The number of hydrogen-bond donors (Lipinski definition) is 2. The van der Waals surface area contributed by atoms with E-state index in [1.807, 2.05) is 13.8 Å². The van der Waals surface area contributed by atoms with Crippen LogP contribution in [0.1, 0.15) is 26.7 Å². The maximum atomic E-state index is 11.6. The molecule has 0 amide bonds. The molecule has 2 rings (SSSR count). The van der Waals surface area contributed by atoms with Gasteiger partial charge in [0.2, 0.25) is 0 Å². The van der Waals surface area contributed by atoms with Gasteiger partial charge in [0.05, 0.1) is 12.2 Å². The summed E-state index contributed by atoms with van der Waals surface area (Å²) in [6, 6.07) is -0.205. The number of aliphatic hydroxyl groups is 1. The van der Waals surface area contributed by atoms with Crippen molar-refractivity contribution in [3.63, 3.8) is 0 Å². The standard InChI is InChI=1S/C11H19NO3/c1-3-15-10(13)9-7-4-5-11(2,14)8(7)6-12-9/h7-9,12,14H,3-6H2,1-2H3/t7-,8-,9?,11+/m0/s1. The zero-order valence-electron chi connectivity index (χ0n) is 9.32. The second kappa shape index (κ2) is 3.76. The molecule has 1 aliphatic carbocycles. The number of carbonyl (C=O) groups excluding carboxylic acids is 1. The maximum Gasteiger partial charge on any atom is 0.323 e. The van der Waals surface area contributed by atoms with Crippen molar-refractivity contribution in [1.29, 1.82) is 0 Å². The molecule has 0 bridgehead atoms. The molecule has 4 nitrogen and oxygen atoms in total. The molecule has 0 aromatic heterocycles. The lowest BCUT2D eigenvalue weighted by atomic mass is 9.87. The molecule has 2 N–H and O–H groups in total. The molecule has 1 heterocycles. The van der Waals surface area contributed by atoms with E-state index in [0.717, 1.165) is 19.4 Å². The van der Waals surface area contributed by atoms with E-state index in [1.54, 1.807) is 0 Å². The van der Waals surface area contributed by atoms with Crippen LogP contribution >= 0.6 is 0 Å². The van der Waals surface area contributed by atoms with E-state index < -0.39 is 5.60 Å². The lowest BCUT2D eigenvalue weighted by Gasteiger charge is -2.24. The third-order valence-electron chi connectivity index (χ3n) is 3.83. The molecule has 15 heavy (non-hydrogen) atoms. The quantitative estimate of drug-likeness (QED) is 0.648. The van der Waals surface area contributed by atoms with Crippen molar-refractivity contribution in [2.75, 3.05) is 13.2 Å². The SMILES string of the molecule is CCOC(=O)C1NC[C@H]2[C@@H]1CC[C@@]2(C)O. The molecule has 1 aliphatic heterocycles. The first-order chi connectivity index (χ1) is 7.06. The smallest absolute Gasteiger partial charge is 0.323 e. The molecule has 0 aromatic carbocycles. The Morgan fingerprint density at radius 2 is 2.40 bits per heavy atom. The summed E-state index contributed by atoms with van der Waals surface area (Å²) in [7, 11) is 0. The van der Waals surface area contributed by atoms with Crippen LogP contribution < -0.4 is 5.32 Å². The summed E-state index contributed by atoms with van der Waals surface area (Å²) >= 11 is 0. The molecule has 2 aliphatic rings. The third-order valence-corrected chi connectivity index (χ3v) is 3.83. The normalized spacial score (nSPS) is 44.1. The summed E-state index contributed by atoms with van der Waals surface area (Å²) in [5, 5.41) is 13.3. The summed E-state index contributed by atoms with van der Waals surface area (Å²) < 4.78 is 5.02. The Bertz CT molecular complexity index is 265. The van der Waals surface area contributed by atoms with Gasteiger partial charge in [-0.25, -0.2) is 0 Å². The van der Waals surface area contributed by atoms with Crippen LogP contribution in [0, 0.1) is 11.8 Å². The van der Waals surface area contributed by atoms with Crippen LogP contribution in [0.3, 0.4) is 0 Å². The topological polar surface area (TPSA) is 58.6 Å². The highest BCUT2D eigenvalue weighted by Gasteiger charge is 2.52. The fraction of sp³-hybridized carbons (Fsp3) is 0.909. The molecule has 0 radical (unpaired) electrons. The van der Waals surface area contributed by atoms with Crippen molar-refractivity contribution in [3.8, 4) is 0 Å². The van der Waals surface area contributed by atoms with Gasteiger partial charge in [-0.05, 0) is 32.6 Å². The first kappa shape index (κ1) is 10.9. The van der Waals surface area contributed by atoms with Crippen molar-refractivity contribution in [2.24, 2.45) is 11.8 Å². The molecule has 1 saturated heterocycles. The maximum absolute atomic E-state index is 11.6. The molecule has 2 fully saturated rings. The molecular weight excluding hydrogens is 194 g/mol. The minimum atomic E-state index is -0.612. The largest absolute Gasteiger partial charge is 0.465 e. The highest BCUT2D eigenvalue weighted by atomic mass is 16.5. The summed E-state index contributed by atoms with van der Waals surface area (Å²) in [4.78, 5) is 11.6. The fourth-order valence-corrected chi connectivity index (χ4v) is 2.97. The summed E-state index contributed by atoms with van der Waals surface area (Å²) in [5.74, 6) is 0.286. The molecule has 1 unspecified atom stereocenters. The van der Waals surface area contributed by atoms with Crippen LogP contribution in [0.15, 0.2) is 0 Å². The minimum absolute atomic E-state index is 0.164. The van der Waals surface area contributed by atoms with Crippen LogP contribution in [0.25, 0.3) is 0 Å². The van der Waals surface area contributed by atoms with Crippen LogP contribution in [0.4, 0.5) is 0 Å². The Hall–Kier alpha value is -0.610. The van der Waals surface area contributed by atoms with Gasteiger partial charge in [-0.15, -0.1) is 0 Å². The van der Waals surface area contributed by atoms with Crippen molar-refractivity contribution >= 4 is 5.97 Å². The van der Waals surface area contributed by atoms with E-state index in [2.05, 4.69) is 5.32 Å². The predicted octanol–water partition coefficient (Wildman–Crippen LogP) is 0.299. The van der Waals surface area contributed by atoms with Gasteiger partial charge in [-0.1, -0.05) is 0 Å². The van der Waals surface area contributed by atoms with E-state index in [0.29, 0.717) is 6.61 Å². The fourth-order valence-electron chi connectivity index (χ4n) is 2.97. The Balaban J connectivity index is 2.05. The number of carbonyl (C=O) groups is 1. The summed E-state index contributed by atoms with van der Waals surface area (Å²) in [6.07, 6.45) is 1.70. The van der Waals surface area contributed by atoms with Crippen molar-refractivity contribution in [1.82, 2.24) is 5.32 Å². The first-order valence-corrected chi connectivity index (χ1v) is 5.68. The Kier molecular flexibility index (Phi) is 2.73. The first-order valence-electron chi connectivity index (χ1n) is 5.68. The number of ether oxygens (including phenoxy) is 1. The molecule has 1 saturated carbocycles. The zero-order valence-corrected chi connectivity index (χ0v) is 9.32. The Morgan fingerprint density at radius 1 is 1.67 bits per heavy atom. The van der Waals surface area contributed by atoms with Gasteiger partial charge in [0.15, 0.2) is 0 Å². The second-order valence-electron chi connectivity index (χ2n) is 4.80. The molecule has 0 aromatic rings. The van der Waals surface area contributed by atoms with Gasteiger partial charge >= 0.3 is 5.97 Å². The molecule has 4 atom stereocenters. The second-order valence-corrected chi connectivity index (χ2v) is 4.80. The van der Waals surface area contributed by atoms with E-state index >= 15 is 0 Å². The third kappa shape index (κ3) is 1.76. The van der Waals surface area contributed by atoms with E-state index in [-0.39, 0.29) is 23.8 Å². The molecule has 86 valence electrons. The molecule has 0 spiro atoms. The Morgan fingerprint density at radius 3 is 3.07 bits per heavy atom. The number of rotatable bonds is 2. The summed E-state index contributed by atoms with van der Waals surface area (Å²) in [6.45, 7) is 4.83. The van der Waals surface area contributed by atoms with Gasteiger partial charge in [0.25, 0.3) is 0 Å². The van der Waals surface area contributed by atoms with Crippen LogP contribution in [-0.2, 0) is 9.53 Å². The monoisotopic (exact) mass is 213 g/mol. The van der Waals surface area contributed by atoms with Gasteiger partial charge in [0.1, 0.15) is 6.04 Å². The highest BCUT2D eigenvalue weighted by molar-refractivity contribution is 5.76. The molecular formula is C11H19NO3. The van der Waals surface area contributed by atoms with E-state index in [4.69, 9.17) is 4.74 Å². The number of nitrogens with one attached hydrogen (secondary N) is 1. The number of fused-ring (bicyclic) bond motifs is 1. The van der Waals surface area contributed by atoms with Crippen molar-refractivity contribution in [3.05, 3.63) is 0 Å².